The van der Waals surface area contributed by atoms with Crippen molar-refractivity contribution in [3.63, 3.8) is 0 Å². The van der Waals surface area contributed by atoms with Crippen LogP contribution in [0, 0.1) is 0 Å². The maximum Gasteiger partial charge on any atom is 0.233 e. The van der Waals surface area contributed by atoms with Crippen LogP contribution in [0.25, 0.3) is 6.08 Å². The van der Waals surface area contributed by atoms with Gasteiger partial charge in [0, 0.05) is 19.1 Å². The molecule has 88 valence electrons. The molecule has 0 aliphatic carbocycles. The van der Waals surface area contributed by atoms with Gasteiger partial charge in [0.25, 0.3) is 0 Å². The molecule has 0 saturated carbocycles. The molecule has 0 amide bonds. The highest BCUT2D eigenvalue weighted by Crippen LogP contribution is 2.02. The lowest BCUT2D eigenvalue weighted by molar-refractivity contribution is 0.204. The molecule has 5 heteroatoms. The summed E-state index contributed by atoms with van der Waals surface area (Å²) in [6.45, 7) is 0.635. The molecule has 0 fully saturated rings. The number of methoxy groups -OCH3 is 1. The largest absolute Gasteiger partial charge is 0.383 e. The summed E-state index contributed by atoms with van der Waals surface area (Å²) >= 11 is 0. The van der Waals surface area contributed by atoms with Crippen molar-refractivity contribution in [2.24, 2.45) is 0 Å². The second-order valence-corrected chi connectivity index (χ2v) is 4.80. The molecule has 0 aliphatic heterocycles. The Bertz CT molecular complexity index is 426. The average molecular weight is 241 g/mol. The van der Waals surface area contributed by atoms with Crippen LogP contribution in [0.1, 0.15) is 5.56 Å². The molecule has 16 heavy (non-hydrogen) atoms. The van der Waals surface area contributed by atoms with Crippen molar-refractivity contribution >= 4 is 16.1 Å². The fraction of sp³-hybridized carbons (Fsp3) is 0.273. The molecule has 1 N–H and O–H groups in total. The zero-order chi connectivity index (χ0) is 11.9. The molecule has 1 rings (SSSR count). The number of nitrogens with one attached hydrogen (secondary N) is 1. The zero-order valence-electron chi connectivity index (χ0n) is 9.09. The molecule has 0 unspecified atom stereocenters. The fourth-order valence-corrected chi connectivity index (χ4v) is 1.87. The first-order chi connectivity index (χ1) is 7.64. The van der Waals surface area contributed by atoms with E-state index in [0.717, 1.165) is 11.0 Å². The average Bonchev–Trinajstić information content (AvgIpc) is 2.28. The van der Waals surface area contributed by atoms with Crippen LogP contribution in [0.5, 0.6) is 0 Å². The van der Waals surface area contributed by atoms with Gasteiger partial charge in [0.1, 0.15) is 0 Å². The van der Waals surface area contributed by atoms with Gasteiger partial charge in [-0.05, 0) is 11.6 Å². The maximum atomic E-state index is 11.4. The van der Waals surface area contributed by atoms with Crippen LogP contribution in [0.15, 0.2) is 35.7 Å². The van der Waals surface area contributed by atoms with Crippen LogP contribution in [-0.4, -0.2) is 28.7 Å². The van der Waals surface area contributed by atoms with Gasteiger partial charge in [-0.15, -0.1) is 0 Å². The summed E-state index contributed by atoms with van der Waals surface area (Å²) in [5, 5.41) is 1.15. The highest BCUT2D eigenvalue weighted by Gasteiger charge is 2.02. The minimum absolute atomic E-state index is 0.276. The van der Waals surface area contributed by atoms with Gasteiger partial charge < -0.3 is 4.74 Å². The van der Waals surface area contributed by atoms with Crippen LogP contribution >= 0.6 is 0 Å². The van der Waals surface area contributed by atoms with E-state index in [0.29, 0.717) is 6.61 Å². The number of sulfonamides is 1. The summed E-state index contributed by atoms with van der Waals surface area (Å²) in [5.74, 6) is 0. The molecule has 0 aliphatic rings. The molecular weight excluding hydrogens is 226 g/mol. The summed E-state index contributed by atoms with van der Waals surface area (Å²) < 4.78 is 30.0. The number of hydrogen-bond acceptors (Lipinski definition) is 3. The van der Waals surface area contributed by atoms with Crippen molar-refractivity contribution in [3.05, 3.63) is 41.3 Å². The van der Waals surface area contributed by atoms with Crippen LogP contribution in [0.2, 0.25) is 0 Å². The quantitative estimate of drug-likeness (QED) is 0.762. The van der Waals surface area contributed by atoms with Gasteiger partial charge in [0.2, 0.25) is 10.0 Å². The normalized spacial score (nSPS) is 12.1. The summed E-state index contributed by atoms with van der Waals surface area (Å²) in [7, 11) is -1.84. The molecule has 1 aromatic carbocycles. The molecule has 0 spiro atoms. The number of rotatable bonds is 6. The van der Waals surface area contributed by atoms with Crippen molar-refractivity contribution in [1.29, 1.82) is 0 Å². The topological polar surface area (TPSA) is 55.4 Å². The van der Waals surface area contributed by atoms with Crippen LogP contribution in [-0.2, 0) is 14.8 Å². The lowest BCUT2D eigenvalue weighted by atomic mass is 10.2. The molecule has 0 bridgehead atoms. The molecule has 0 radical (unpaired) electrons. The predicted molar refractivity (Wildman–Crippen MR) is 64.3 cm³/mol. The van der Waals surface area contributed by atoms with Crippen molar-refractivity contribution in [1.82, 2.24) is 4.72 Å². The van der Waals surface area contributed by atoms with E-state index in [-0.39, 0.29) is 6.54 Å². The van der Waals surface area contributed by atoms with E-state index in [2.05, 4.69) is 4.72 Å². The Kier molecular flexibility index (Phi) is 5.18. The van der Waals surface area contributed by atoms with Gasteiger partial charge in [0.05, 0.1) is 6.61 Å². The second kappa shape index (κ2) is 6.42. The van der Waals surface area contributed by atoms with Gasteiger partial charge in [-0.25, -0.2) is 13.1 Å². The van der Waals surface area contributed by atoms with Gasteiger partial charge >= 0.3 is 0 Å². The molecule has 1 aromatic rings. The molecule has 0 saturated heterocycles. The standard InChI is InChI=1S/C11H15NO3S/c1-15-9-8-12-16(13,14)10-7-11-5-3-2-4-6-11/h2-7,10,12H,8-9H2,1H3/b10-7-. The third-order valence-electron chi connectivity index (χ3n) is 1.85. The Morgan fingerprint density at radius 1 is 1.31 bits per heavy atom. The SMILES string of the molecule is COCCNS(=O)(=O)/C=C\c1ccccc1. The molecule has 0 aromatic heterocycles. The molecule has 0 heterocycles. The van der Waals surface area contributed by atoms with Gasteiger partial charge in [-0.1, -0.05) is 30.3 Å². The van der Waals surface area contributed by atoms with Gasteiger partial charge in [-0.2, -0.15) is 0 Å². The van der Waals surface area contributed by atoms with Crippen LogP contribution in [0.4, 0.5) is 0 Å². The highest BCUT2D eigenvalue weighted by molar-refractivity contribution is 7.92. The van der Waals surface area contributed by atoms with E-state index in [1.807, 2.05) is 30.3 Å². The third kappa shape index (κ3) is 5.06. The number of ether oxygens (including phenoxy) is 1. The Morgan fingerprint density at radius 3 is 2.62 bits per heavy atom. The van der Waals surface area contributed by atoms with E-state index in [4.69, 9.17) is 4.74 Å². The minimum atomic E-state index is -3.36. The summed E-state index contributed by atoms with van der Waals surface area (Å²) in [5.41, 5.74) is 0.847. The Balaban J connectivity index is 2.56. The first-order valence-corrected chi connectivity index (χ1v) is 6.40. The van der Waals surface area contributed by atoms with Crippen LogP contribution < -0.4 is 4.72 Å². The predicted octanol–water partition coefficient (Wildman–Crippen LogP) is 1.22. The van der Waals surface area contributed by atoms with E-state index < -0.39 is 10.0 Å². The van der Waals surface area contributed by atoms with Crippen LogP contribution in [0.3, 0.4) is 0 Å². The van der Waals surface area contributed by atoms with Crippen molar-refractivity contribution in [2.45, 2.75) is 0 Å². The monoisotopic (exact) mass is 241 g/mol. The smallest absolute Gasteiger partial charge is 0.233 e. The first-order valence-electron chi connectivity index (χ1n) is 4.86. The Labute approximate surface area is 96.0 Å². The van der Waals surface area contributed by atoms with Gasteiger partial charge in [-0.3, -0.25) is 0 Å². The number of benzene rings is 1. The Hall–Kier alpha value is -1.17. The molecular formula is C11H15NO3S. The maximum absolute atomic E-state index is 11.4. The summed E-state index contributed by atoms with van der Waals surface area (Å²) in [4.78, 5) is 0. The van der Waals surface area contributed by atoms with Crippen molar-refractivity contribution < 1.29 is 13.2 Å². The molecule has 0 atom stereocenters. The summed E-state index contributed by atoms with van der Waals surface area (Å²) in [6.07, 6.45) is 1.55. The van der Waals surface area contributed by atoms with Crippen molar-refractivity contribution in [2.75, 3.05) is 20.3 Å². The lowest BCUT2D eigenvalue weighted by Crippen LogP contribution is -2.24. The minimum Gasteiger partial charge on any atom is -0.383 e. The zero-order valence-corrected chi connectivity index (χ0v) is 9.91. The van der Waals surface area contributed by atoms with Crippen molar-refractivity contribution in [3.8, 4) is 0 Å². The molecule has 4 nitrogen and oxygen atoms in total. The first kappa shape index (κ1) is 12.9. The fourth-order valence-electron chi connectivity index (χ4n) is 1.07. The lowest BCUT2D eigenvalue weighted by Gasteiger charge is -2.01. The Morgan fingerprint density at radius 2 is 2.00 bits per heavy atom. The second-order valence-electron chi connectivity index (χ2n) is 3.15. The van der Waals surface area contributed by atoms with Gasteiger partial charge in [0.15, 0.2) is 0 Å². The number of hydrogen-bond donors (Lipinski definition) is 1. The third-order valence-corrected chi connectivity index (χ3v) is 2.95. The summed E-state index contributed by atoms with van der Waals surface area (Å²) in [6, 6.07) is 9.25. The van der Waals surface area contributed by atoms with E-state index in [1.54, 1.807) is 6.08 Å². The van der Waals surface area contributed by atoms with E-state index in [9.17, 15) is 8.42 Å². The highest BCUT2D eigenvalue weighted by atomic mass is 32.2. The van der Waals surface area contributed by atoms with E-state index >= 15 is 0 Å². The van der Waals surface area contributed by atoms with E-state index in [1.165, 1.54) is 7.11 Å².